The minimum atomic E-state index is -0.933. The van der Waals surface area contributed by atoms with Crippen LogP contribution in [0.25, 0.3) is 10.9 Å². The van der Waals surface area contributed by atoms with Gasteiger partial charge in [0.2, 0.25) is 11.1 Å². The lowest BCUT2D eigenvalue weighted by Gasteiger charge is -1.88. The lowest BCUT2D eigenvalue weighted by Crippen LogP contribution is -2.01. The molecule has 0 unspecified atom stereocenters. The first kappa shape index (κ1) is 10.0. The summed E-state index contributed by atoms with van der Waals surface area (Å²) in [4.78, 5) is 35.7. The quantitative estimate of drug-likeness (QED) is 0.697. The van der Waals surface area contributed by atoms with Crippen LogP contribution in [-0.2, 0) is 0 Å². The second-order valence-electron chi connectivity index (χ2n) is 3.12. The Morgan fingerprint density at radius 2 is 1.88 bits per heavy atom. The number of fused-ring (bicyclic) bond motifs is 1. The number of nitrogens with zero attached hydrogens (tertiary/aromatic N) is 1. The van der Waals surface area contributed by atoms with Crippen molar-refractivity contribution in [1.29, 1.82) is 0 Å². The molecule has 0 atom stereocenters. The Hall–Kier alpha value is -2.50. The van der Waals surface area contributed by atoms with Gasteiger partial charge in [-0.2, -0.15) is 0 Å². The summed E-state index contributed by atoms with van der Waals surface area (Å²) in [6.45, 7) is 0. The summed E-state index contributed by atoms with van der Waals surface area (Å²) in [5.41, 5.74) is -2.27. The van der Waals surface area contributed by atoms with E-state index < -0.39 is 22.4 Å². The SMILES string of the molecule is O=Nc1c(O)c(=O)c2ccccc2[nH]c1=O. The number of hydrogen-bond donors (Lipinski definition) is 2. The molecule has 6 heteroatoms. The number of H-pyrrole nitrogens is 1. The van der Waals surface area contributed by atoms with Crippen molar-refractivity contribution in [3.63, 3.8) is 0 Å². The molecule has 2 N–H and O–H groups in total. The van der Waals surface area contributed by atoms with Gasteiger partial charge in [-0.05, 0) is 17.3 Å². The van der Waals surface area contributed by atoms with Crippen LogP contribution in [-0.4, -0.2) is 10.1 Å². The van der Waals surface area contributed by atoms with Gasteiger partial charge in [0.1, 0.15) is 0 Å². The van der Waals surface area contributed by atoms with Crippen LogP contribution < -0.4 is 11.0 Å². The van der Waals surface area contributed by atoms with E-state index in [1.54, 1.807) is 12.1 Å². The van der Waals surface area contributed by atoms with Crippen molar-refractivity contribution in [3.8, 4) is 5.75 Å². The number of aromatic nitrogens is 1. The number of nitrogens with one attached hydrogen (secondary N) is 1. The van der Waals surface area contributed by atoms with Crippen molar-refractivity contribution >= 4 is 16.6 Å². The molecule has 0 fully saturated rings. The number of hydrogen-bond acceptors (Lipinski definition) is 5. The first-order chi connectivity index (χ1) is 7.65. The van der Waals surface area contributed by atoms with Crippen LogP contribution in [0.15, 0.2) is 39.0 Å². The molecule has 0 aliphatic heterocycles. The van der Waals surface area contributed by atoms with Gasteiger partial charge in [0, 0.05) is 5.39 Å². The summed E-state index contributed by atoms with van der Waals surface area (Å²) in [5.74, 6) is -0.933. The zero-order chi connectivity index (χ0) is 11.7. The molecule has 1 heterocycles. The molecule has 0 saturated carbocycles. The molecule has 0 amide bonds. The lowest BCUT2D eigenvalue weighted by atomic mass is 10.2. The summed E-state index contributed by atoms with van der Waals surface area (Å²) >= 11 is 0. The van der Waals surface area contributed by atoms with Crippen LogP contribution >= 0.6 is 0 Å². The Labute approximate surface area is 88.2 Å². The van der Waals surface area contributed by atoms with Gasteiger partial charge >= 0.3 is 0 Å². The molecule has 1 aromatic carbocycles. The zero-order valence-electron chi connectivity index (χ0n) is 7.93. The molecule has 0 saturated heterocycles. The molecule has 2 aromatic rings. The third-order valence-electron chi connectivity index (χ3n) is 2.17. The van der Waals surface area contributed by atoms with Gasteiger partial charge in [0.15, 0.2) is 5.75 Å². The van der Waals surface area contributed by atoms with Crippen LogP contribution in [0.1, 0.15) is 0 Å². The highest BCUT2D eigenvalue weighted by Gasteiger charge is 2.12. The van der Waals surface area contributed by atoms with Crippen molar-refractivity contribution in [2.75, 3.05) is 0 Å². The number of benzene rings is 1. The third-order valence-corrected chi connectivity index (χ3v) is 2.17. The third kappa shape index (κ3) is 1.36. The fourth-order valence-corrected chi connectivity index (χ4v) is 1.40. The Balaban J connectivity index is 3.18. The predicted octanol–water partition coefficient (Wildman–Crippen LogP) is 0.992. The van der Waals surface area contributed by atoms with Crippen LogP contribution in [0.2, 0.25) is 0 Å². The highest BCUT2D eigenvalue weighted by atomic mass is 16.3. The van der Waals surface area contributed by atoms with Crippen LogP contribution in [0, 0.1) is 4.91 Å². The molecular weight excluding hydrogens is 212 g/mol. The summed E-state index contributed by atoms with van der Waals surface area (Å²) < 4.78 is 0. The molecule has 16 heavy (non-hydrogen) atoms. The van der Waals surface area contributed by atoms with E-state index in [9.17, 15) is 19.6 Å². The second kappa shape index (κ2) is 3.58. The number of nitroso groups, excluding NO2 is 1. The highest BCUT2D eigenvalue weighted by molar-refractivity contribution is 5.80. The number of rotatable bonds is 1. The fraction of sp³-hybridized carbons (Fsp3) is 0. The van der Waals surface area contributed by atoms with Gasteiger partial charge < -0.3 is 10.1 Å². The van der Waals surface area contributed by atoms with Gasteiger partial charge in [-0.25, -0.2) is 0 Å². The first-order valence-corrected chi connectivity index (χ1v) is 4.37. The summed E-state index contributed by atoms with van der Waals surface area (Å²) in [6.07, 6.45) is 0. The normalized spacial score (nSPS) is 10.2. The monoisotopic (exact) mass is 218 g/mol. The average Bonchev–Trinajstić information content (AvgIpc) is 2.37. The van der Waals surface area contributed by atoms with Gasteiger partial charge in [-0.15, -0.1) is 4.91 Å². The zero-order valence-corrected chi connectivity index (χ0v) is 7.93. The maximum atomic E-state index is 11.7. The van der Waals surface area contributed by atoms with Gasteiger partial charge in [0.05, 0.1) is 5.52 Å². The van der Waals surface area contributed by atoms with Crippen LogP contribution in [0.3, 0.4) is 0 Å². The number of aromatic hydroxyl groups is 1. The average molecular weight is 218 g/mol. The Morgan fingerprint density at radius 1 is 1.19 bits per heavy atom. The highest BCUT2D eigenvalue weighted by Crippen LogP contribution is 2.17. The number of aromatic amines is 1. The van der Waals surface area contributed by atoms with Gasteiger partial charge in [-0.1, -0.05) is 12.1 Å². The fourth-order valence-electron chi connectivity index (χ4n) is 1.40. The first-order valence-electron chi connectivity index (χ1n) is 4.37. The molecule has 2 rings (SSSR count). The predicted molar refractivity (Wildman–Crippen MR) is 58.0 cm³/mol. The summed E-state index contributed by atoms with van der Waals surface area (Å²) in [6, 6.07) is 6.12. The minimum absolute atomic E-state index is 0.118. The van der Waals surface area contributed by atoms with E-state index in [0.717, 1.165) is 0 Å². The van der Waals surface area contributed by atoms with Crippen molar-refractivity contribution in [2.24, 2.45) is 5.18 Å². The summed E-state index contributed by atoms with van der Waals surface area (Å²) in [7, 11) is 0. The molecule has 0 radical (unpaired) electrons. The topological polar surface area (TPSA) is 99.6 Å². The molecule has 80 valence electrons. The lowest BCUT2D eigenvalue weighted by molar-refractivity contribution is 0.472. The van der Waals surface area contributed by atoms with Crippen molar-refractivity contribution in [2.45, 2.75) is 0 Å². The largest absolute Gasteiger partial charge is 0.502 e. The van der Waals surface area contributed by atoms with E-state index in [1.807, 2.05) is 0 Å². The molecule has 0 bridgehead atoms. The second-order valence-corrected chi connectivity index (χ2v) is 3.12. The van der Waals surface area contributed by atoms with E-state index in [0.29, 0.717) is 0 Å². The molecule has 0 aliphatic carbocycles. The minimum Gasteiger partial charge on any atom is -0.502 e. The maximum absolute atomic E-state index is 11.7. The van der Waals surface area contributed by atoms with Crippen molar-refractivity contribution in [1.82, 2.24) is 4.98 Å². The molecule has 0 spiro atoms. The number of para-hydroxylation sites is 1. The molecule has 1 aromatic heterocycles. The van der Waals surface area contributed by atoms with Gasteiger partial charge in [-0.3, -0.25) is 9.59 Å². The standard InChI is InChI=1S/C10H6N2O4/c13-8-5-3-1-2-4-6(5)11-10(15)7(12-16)9(8)14/h1-4H,(H,11,15)(H,13,14). The molecule has 6 nitrogen and oxygen atoms in total. The van der Waals surface area contributed by atoms with E-state index in [1.165, 1.54) is 12.1 Å². The van der Waals surface area contributed by atoms with Crippen LogP contribution in [0.4, 0.5) is 5.69 Å². The van der Waals surface area contributed by atoms with Gasteiger partial charge in [0.25, 0.3) is 5.56 Å². The van der Waals surface area contributed by atoms with E-state index in [2.05, 4.69) is 10.2 Å². The Morgan fingerprint density at radius 3 is 2.56 bits per heavy atom. The van der Waals surface area contributed by atoms with Crippen molar-refractivity contribution < 1.29 is 5.11 Å². The van der Waals surface area contributed by atoms with E-state index >= 15 is 0 Å². The smallest absolute Gasteiger partial charge is 0.281 e. The molecular formula is C10H6N2O4. The summed E-state index contributed by atoms with van der Waals surface area (Å²) in [5, 5.41) is 11.9. The van der Waals surface area contributed by atoms with Crippen LogP contribution in [0.5, 0.6) is 5.75 Å². The maximum Gasteiger partial charge on any atom is 0.281 e. The van der Waals surface area contributed by atoms with E-state index in [4.69, 9.17) is 0 Å². The van der Waals surface area contributed by atoms with Crippen molar-refractivity contribution in [3.05, 3.63) is 49.7 Å². The Kier molecular flexibility index (Phi) is 2.24. The van der Waals surface area contributed by atoms with E-state index in [-0.39, 0.29) is 10.9 Å². The molecule has 0 aliphatic rings. The Bertz CT molecular complexity index is 690.